The molecule has 0 bridgehead atoms. The Hall–Kier alpha value is -1.65. The summed E-state index contributed by atoms with van der Waals surface area (Å²) >= 11 is 0. The van der Waals surface area contributed by atoms with Crippen molar-refractivity contribution in [1.29, 1.82) is 0 Å². The monoisotopic (exact) mass is 271 g/mol. The van der Waals surface area contributed by atoms with Crippen molar-refractivity contribution >= 4 is 0 Å². The molecule has 3 rings (SSSR count). The first kappa shape index (κ1) is 13.3. The zero-order valence-corrected chi connectivity index (χ0v) is 11.6. The molecule has 1 fully saturated rings. The topological polar surface area (TPSA) is 50.1 Å². The van der Waals surface area contributed by atoms with Gasteiger partial charge in [0.15, 0.2) is 0 Å². The van der Waals surface area contributed by atoms with Gasteiger partial charge in [-0.05, 0) is 36.6 Å². The summed E-state index contributed by atoms with van der Waals surface area (Å²) in [5, 5.41) is 17.9. The van der Waals surface area contributed by atoms with Crippen molar-refractivity contribution in [3.63, 3.8) is 0 Å². The molecular formula is C16H21N3O. The number of hydrogen-bond acceptors (Lipinski definition) is 3. The van der Waals surface area contributed by atoms with Crippen molar-refractivity contribution in [1.82, 2.24) is 15.1 Å². The van der Waals surface area contributed by atoms with E-state index >= 15 is 0 Å². The summed E-state index contributed by atoms with van der Waals surface area (Å²) < 4.78 is 1.86. The molecule has 1 aromatic heterocycles. The van der Waals surface area contributed by atoms with E-state index in [0.717, 1.165) is 37.9 Å². The smallest absolute Gasteiger partial charge is 0.0771 e. The molecule has 1 aliphatic carbocycles. The summed E-state index contributed by atoms with van der Waals surface area (Å²) in [7, 11) is 0. The quantitative estimate of drug-likeness (QED) is 0.877. The van der Waals surface area contributed by atoms with Gasteiger partial charge >= 0.3 is 0 Å². The number of nitrogens with one attached hydrogen (secondary N) is 1. The van der Waals surface area contributed by atoms with Crippen LogP contribution in [0.4, 0.5) is 0 Å². The van der Waals surface area contributed by atoms with Gasteiger partial charge in [0.2, 0.25) is 0 Å². The molecule has 4 nitrogen and oxygen atoms in total. The predicted octanol–water partition coefficient (Wildman–Crippen LogP) is 2.27. The highest BCUT2D eigenvalue weighted by Crippen LogP contribution is 2.28. The minimum Gasteiger partial charge on any atom is -0.389 e. The van der Waals surface area contributed by atoms with Gasteiger partial charge in [0.25, 0.3) is 0 Å². The SMILES string of the molecule is OC1(CNCc2cccc(-n3cccn3)c2)CCCC1. The Balaban J connectivity index is 1.59. The van der Waals surface area contributed by atoms with Crippen molar-refractivity contribution < 1.29 is 5.11 Å². The molecule has 0 radical (unpaired) electrons. The number of benzene rings is 1. The van der Waals surface area contributed by atoms with Gasteiger partial charge in [0, 0.05) is 25.5 Å². The molecule has 2 aromatic rings. The highest BCUT2D eigenvalue weighted by Gasteiger charge is 2.30. The van der Waals surface area contributed by atoms with Crippen LogP contribution in [0.1, 0.15) is 31.2 Å². The molecule has 1 saturated carbocycles. The first-order valence-corrected chi connectivity index (χ1v) is 7.27. The third kappa shape index (κ3) is 3.08. The van der Waals surface area contributed by atoms with Crippen LogP contribution in [0.25, 0.3) is 5.69 Å². The zero-order valence-electron chi connectivity index (χ0n) is 11.6. The van der Waals surface area contributed by atoms with Gasteiger partial charge in [0.05, 0.1) is 11.3 Å². The maximum absolute atomic E-state index is 10.3. The second-order valence-corrected chi connectivity index (χ2v) is 5.66. The Kier molecular flexibility index (Phi) is 3.85. The molecule has 0 atom stereocenters. The zero-order chi connectivity index (χ0) is 13.8. The molecule has 0 unspecified atom stereocenters. The lowest BCUT2D eigenvalue weighted by atomic mass is 10.0. The molecule has 2 N–H and O–H groups in total. The van der Waals surface area contributed by atoms with Gasteiger partial charge in [-0.15, -0.1) is 0 Å². The maximum Gasteiger partial charge on any atom is 0.0771 e. The van der Waals surface area contributed by atoms with Crippen LogP contribution in [-0.4, -0.2) is 27.0 Å². The number of hydrogen-bond donors (Lipinski definition) is 2. The molecule has 0 saturated heterocycles. The van der Waals surface area contributed by atoms with E-state index in [2.05, 4.69) is 22.5 Å². The molecule has 1 aliphatic rings. The van der Waals surface area contributed by atoms with Crippen LogP contribution < -0.4 is 5.32 Å². The number of nitrogens with zero attached hydrogens (tertiary/aromatic N) is 2. The lowest BCUT2D eigenvalue weighted by molar-refractivity contribution is 0.0475. The number of rotatable bonds is 5. The van der Waals surface area contributed by atoms with Gasteiger partial charge in [0.1, 0.15) is 0 Å². The summed E-state index contributed by atoms with van der Waals surface area (Å²) in [5.74, 6) is 0. The average molecular weight is 271 g/mol. The largest absolute Gasteiger partial charge is 0.389 e. The van der Waals surface area contributed by atoms with Gasteiger partial charge in [-0.25, -0.2) is 4.68 Å². The highest BCUT2D eigenvalue weighted by molar-refractivity contribution is 5.34. The third-order valence-corrected chi connectivity index (χ3v) is 4.00. The fourth-order valence-corrected chi connectivity index (χ4v) is 2.88. The lowest BCUT2D eigenvalue weighted by Crippen LogP contribution is -2.37. The fraction of sp³-hybridized carbons (Fsp3) is 0.438. The van der Waals surface area contributed by atoms with Crippen molar-refractivity contribution in [2.45, 2.75) is 37.8 Å². The highest BCUT2D eigenvalue weighted by atomic mass is 16.3. The van der Waals surface area contributed by atoms with Crippen LogP contribution in [0.15, 0.2) is 42.7 Å². The number of aromatic nitrogens is 2. The van der Waals surface area contributed by atoms with Crippen molar-refractivity contribution in [3.05, 3.63) is 48.3 Å². The Labute approximate surface area is 119 Å². The second-order valence-electron chi connectivity index (χ2n) is 5.66. The predicted molar refractivity (Wildman–Crippen MR) is 78.7 cm³/mol. The maximum atomic E-state index is 10.3. The molecule has 0 spiro atoms. The third-order valence-electron chi connectivity index (χ3n) is 4.00. The van der Waals surface area contributed by atoms with Crippen LogP contribution in [0.3, 0.4) is 0 Å². The molecular weight excluding hydrogens is 250 g/mol. The van der Waals surface area contributed by atoms with Crippen LogP contribution in [0, 0.1) is 0 Å². The standard InChI is InChI=1S/C16H21N3O/c20-16(7-1-2-8-16)13-17-12-14-5-3-6-15(11-14)19-10-4-9-18-19/h3-6,9-11,17,20H,1-2,7-8,12-13H2. The molecule has 106 valence electrons. The average Bonchev–Trinajstić information content (AvgIpc) is 3.11. The summed E-state index contributed by atoms with van der Waals surface area (Å²) in [6, 6.07) is 10.2. The lowest BCUT2D eigenvalue weighted by Gasteiger charge is -2.22. The van der Waals surface area contributed by atoms with Gasteiger partial charge in [-0.1, -0.05) is 25.0 Å². The minimum absolute atomic E-state index is 0.487. The van der Waals surface area contributed by atoms with E-state index in [4.69, 9.17) is 0 Å². The summed E-state index contributed by atoms with van der Waals surface area (Å²) in [6.07, 6.45) is 7.86. The van der Waals surface area contributed by atoms with E-state index in [0.29, 0.717) is 6.54 Å². The Morgan fingerprint density at radius 1 is 1.25 bits per heavy atom. The van der Waals surface area contributed by atoms with Gasteiger partial charge < -0.3 is 10.4 Å². The van der Waals surface area contributed by atoms with E-state index in [9.17, 15) is 5.11 Å². The molecule has 1 heterocycles. The Bertz CT molecular complexity index is 545. The van der Waals surface area contributed by atoms with Crippen molar-refractivity contribution in [2.24, 2.45) is 0 Å². The van der Waals surface area contributed by atoms with Crippen LogP contribution in [0.2, 0.25) is 0 Å². The molecule has 20 heavy (non-hydrogen) atoms. The first-order chi connectivity index (χ1) is 9.75. The summed E-state index contributed by atoms with van der Waals surface area (Å²) in [6.45, 7) is 1.45. The molecule has 4 heteroatoms. The minimum atomic E-state index is -0.487. The van der Waals surface area contributed by atoms with Crippen molar-refractivity contribution in [2.75, 3.05) is 6.54 Å². The van der Waals surface area contributed by atoms with Crippen LogP contribution in [0.5, 0.6) is 0 Å². The van der Waals surface area contributed by atoms with E-state index in [1.807, 2.05) is 29.1 Å². The van der Waals surface area contributed by atoms with E-state index in [1.165, 1.54) is 5.56 Å². The van der Waals surface area contributed by atoms with Crippen LogP contribution >= 0.6 is 0 Å². The second kappa shape index (κ2) is 5.77. The normalized spacial score (nSPS) is 17.4. The molecule has 0 aliphatic heterocycles. The number of aliphatic hydroxyl groups is 1. The summed E-state index contributed by atoms with van der Waals surface area (Å²) in [4.78, 5) is 0. The Morgan fingerprint density at radius 2 is 2.10 bits per heavy atom. The van der Waals surface area contributed by atoms with Gasteiger partial charge in [-0.2, -0.15) is 5.10 Å². The molecule has 1 aromatic carbocycles. The van der Waals surface area contributed by atoms with E-state index in [-0.39, 0.29) is 0 Å². The fourth-order valence-electron chi connectivity index (χ4n) is 2.88. The molecule has 0 amide bonds. The Morgan fingerprint density at radius 3 is 2.85 bits per heavy atom. The first-order valence-electron chi connectivity index (χ1n) is 7.27. The van der Waals surface area contributed by atoms with Crippen LogP contribution in [-0.2, 0) is 6.54 Å². The van der Waals surface area contributed by atoms with Crippen molar-refractivity contribution in [3.8, 4) is 5.69 Å². The summed E-state index contributed by atoms with van der Waals surface area (Å²) in [5.41, 5.74) is 1.79. The van der Waals surface area contributed by atoms with E-state index < -0.39 is 5.60 Å². The van der Waals surface area contributed by atoms with Gasteiger partial charge in [-0.3, -0.25) is 0 Å². The van der Waals surface area contributed by atoms with E-state index in [1.54, 1.807) is 6.20 Å².